The largest absolute Gasteiger partial charge is 0.280 e. The first kappa shape index (κ1) is 15.2. The zero-order valence-electron chi connectivity index (χ0n) is 11.9. The maximum atomic E-state index is 13.6. The lowest BCUT2D eigenvalue weighted by atomic mass is 10.1. The van der Waals surface area contributed by atoms with Gasteiger partial charge in [0.25, 0.3) is 5.56 Å². The molecule has 5 heteroatoms. The summed E-state index contributed by atoms with van der Waals surface area (Å²) in [5.74, 6) is -0.380. The van der Waals surface area contributed by atoms with E-state index in [1.54, 1.807) is 16.7 Å². The molecule has 3 aromatic rings. The molecule has 1 aromatic heterocycles. The van der Waals surface area contributed by atoms with Crippen molar-refractivity contribution in [3.05, 3.63) is 69.4 Å². The Morgan fingerprint density at radius 2 is 2.00 bits per heavy atom. The number of nitrogens with zero attached hydrogens (tertiary/aromatic N) is 1. The number of aromatic nitrogens is 1. The number of rotatable bonds is 2. The van der Waals surface area contributed by atoms with Crippen LogP contribution in [0.2, 0.25) is 5.02 Å². The molecule has 22 heavy (non-hydrogen) atoms. The third-order valence-electron chi connectivity index (χ3n) is 3.67. The third kappa shape index (κ3) is 2.45. The van der Waals surface area contributed by atoms with Gasteiger partial charge in [-0.05, 0) is 41.4 Å². The van der Waals surface area contributed by atoms with E-state index in [1.165, 1.54) is 12.1 Å². The fraction of sp³-hybridized carbons (Fsp3) is 0.118. The van der Waals surface area contributed by atoms with Crippen molar-refractivity contribution in [3.63, 3.8) is 0 Å². The first-order valence-corrected chi connectivity index (χ1v) is 7.87. The minimum atomic E-state index is -0.380. The van der Waals surface area contributed by atoms with Crippen molar-refractivity contribution in [2.45, 2.75) is 13.3 Å². The highest BCUT2D eigenvalue weighted by Crippen LogP contribution is 2.23. The number of hydrogen-bond donors (Lipinski definition) is 0. The zero-order valence-corrected chi connectivity index (χ0v) is 13.8. The van der Waals surface area contributed by atoms with Crippen LogP contribution in [0.4, 0.5) is 4.39 Å². The summed E-state index contributed by atoms with van der Waals surface area (Å²) in [6, 6.07) is 11.7. The van der Waals surface area contributed by atoms with E-state index in [2.05, 4.69) is 9.24 Å². The Morgan fingerprint density at radius 1 is 1.23 bits per heavy atom. The first-order valence-electron chi connectivity index (χ1n) is 6.91. The van der Waals surface area contributed by atoms with Gasteiger partial charge in [-0.25, -0.2) is 4.39 Å². The topological polar surface area (TPSA) is 22.0 Å². The molecule has 0 aliphatic carbocycles. The standard InChI is InChI=1S/C17H14ClFNOP/c1-2-12-8-10-4-3-5-13(18)16(10)17(21)20(12)14-9-11(19)6-7-15(14)22/h3-9H,2,22H2,1H3. The highest BCUT2D eigenvalue weighted by molar-refractivity contribution is 7.27. The summed E-state index contributed by atoms with van der Waals surface area (Å²) >= 11 is 6.20. The molecule has 1 heterocycles. The number of pyridine rings is 1. The Bertz CT molecular complexity index is 936. The van der Waals surface area contributed by atoms with Crippen LogP contribution in [-0.2, 0) is 6.42 Å². The molecule has 0 saturated carbocycles. The van der Waals surface area contributed by atoms with Crippen LogP contribution in [0.3, 0.4) is 0 Å². The molecule has 2 nitrogen and oxygen atoms in total. The van der Waals surface area contributed by atoms with E-state index in [1.807, 2.05) is 25.1 Å². The van der Waals surface area contributed by atoms with Gasteiger partial charge in [0, 0.05) is 5.69 Å². The van der Waals surface area contributed by atoms with Crippen LogP contribution >= 0.6 is 20.8 Å². The van der Waals surface area contributed by atoms with E-state index in [0.717, 1.165) is 16.4 Å². The minimum Gasteiger partial charge on any atom is -0.280 e. The van der Waals surface area contributed by atoms with Crippen molar-refractivity contribution in [1.29, 1.82) is 0 Å². The van der Waals surface area contributed by atoms with Crippen LogP contribution in [0.25, 0.3) is 16.5 Å². The Hall–Kier alpha value is -1.70. The maximum absolute atomic E-state index is 13.6. The molecule has 1 unspecified atom stereocenters. The summed E-state index contributed by atoms with van der Waals surface area (Å²) < 4.78 is 15.2. The van der Waals surface area contributed by atoms with Gasteiger partial charge in [-0.1, -0.05) is 36.7 Å². The predicted octanol–water partition coefficient (Wildman–Crippen LogP) is 3.85. The molecule has 3 rings (SSSR count). The predicted molar refractivity (Wildman–Crippen MR) is 93.2 cm³/mol. The maximum Gasteiger partial charge on any atom is 0.264 e. The number of fused-ring (bicyclic) bond motifs is 1. The second kappa shape index (κ2) is 5.83. The lowest BCUT2D eigenvalue weighted by molar-refractivity contribution is 0.626. The van der Waals surface area contributed by atoms with Crippen LogP contribution in [0.15, 0.2) is 47.3 Å². The van der Waals surface area contributed by atoms with Crippen molar-refractivity contribution in [1.82, 2.24) is 4.57 Å². The summed E-state index contributed by atoms with van der Waals surface area (Å²) in [5, 5.41) is 2.41. The van der Waals surface area contributed by atoms with Crippen LogP contribution < -0.4 is 10.9 Å². The highest BCUT2D eigenvalue weighted by Gasteiger charge is 2.14. The molecular weight excluding hydrogens is 320 g/mol. The van der Waals surface area contributed by atoms with Crippen LogP contribution in [0, 0.1) is 5.82 Å². The Kier molecular flexibility index (Phi) is 4.03. The van der Waals surface area contributed by atoms with Crippen molar-refractivity contribution in [2.75, 3.05) is 0 Å². The summed E-state index contributed by atoms with van der Waals surface area (Å²) in [6.07, 6.45) is 0.651. The lowest BCUT2D eigenvalue weighted by Crippen LogP contribution is -2.25. The van der Waals surface area contributed by atoms with Gasteiger partial charge >= 0.3 is 0 Å². The highest BCUT2D eigenvalue weighted by atomic mass is 35.5. The summed E-state index contributed by atoms with van der Waals surface area (Å²) in [4.78, 5) is 12.9. The SMILES string of the molecule is CCc1cc2cccc(Cl)c2c(=O)n1-c1cc(F)ccc1P. The van der Waals surface area contributed by atoms with Gasteiger partial charge in [-0.2, -0.15) is 0 Å². The van der Waals surface area contributed by atoms with Gasteiger partial charge in [0.1, 0.15) is 5.82 Å². The van der Waals surface area contributed by atoms with Gasteiger partial charge in [-0.3, -0.25) is 9.36 Å². The first-order chi connectivity index (χ1) is 10.5. The van der Waals surface area contributed by atoms with Crippen molar-refractivity contribution in [3.8, 4) is 5.69 Å². The van der Waals surface area contributed by atoms with E-state index >= 15 is 0 Å². The van der Waals surface area contributed by atoms with Crippen LogP contribution in [0.1, 0.15) is 12.6 Å². The average Bonchev–Trinajstić information content (AvgIpc) is 2.49. The number of aryl methyl sites for hydroxylation is 1. The van der Waals surface area contributed by atoms with E-state index < -0.39 is 0 Å². The molecule has 0 saturated heterocycles. The molecule has 0 aliphatic rings. The molecular formula is C17H14ClFNOP. The number of hydrogen-bond acceptors (Lipinski definition) is 1. The minimum absolute atomic E-state index is 0.228. The van der Waals surface area contributed by atoms with E-state index in [4.69, 9.17) is 11.6 Å². The van der Waals surface area contributed by atoms with E-state index in [0.29, 0.717) is 22.5 Å². The second-order valence-electron chi connectivity index (χ2n) is 5.04. The van der Waals surface area contributed by atoms with Gasteiger partial charge in [0.05, 0.1) is 16.1 Å². The van der Waals surface area contributed by atoms with E-state index in [9.17, 15) is 9.18 Å². The van der Waals surface area contributed by atoms with Gasteiger partial charge in [-0.15, -0.1) is 9.24 Å². The molecule has 0 spiro atoms. The lowest BCUT2D eigenvalue weighted by Gasteiger charge is -2.16. The second-order valence-corrected chi connectivity index (χ2v) is 6.07. The summed E-state index contributed by atoms with van der Waals surface area (Å²) in [5.41, 5.74) is 1.11. The molecule has 0 aliphatic heterocycles. The summed E-state index contributed by atoms with van der Waals surface area (Å²) in [7, 11) is 2.54. The fourth-order valence-electron chi connectivity index (χ4n) is 2.61. The molecule has 0 N–H and O–H groups in total. The molecule has 0 amide bonds. The zero-order chi connectivity index (χ0) is 15.9. The molecule has 0 bridgehead atoms. The van der Waals surface area contributed by atoms with Gasteiger partial charge < -0.3 is 0 Å². The Morgan fingerprint density at radius 3 is 2.73 bits per heavy atom. The summed E-state index contributed by atoms with van der Waals surface area (Å²) in [6.45, 7) is 1.96. The quantitative estimate of drug-likeness (QED) is 0.653. The average molecular weight is 334 g/mol. The number of benzene rings is 2. The molecule has 1 atom stereocenters. The van der Waals surface area contributed by atoms with Gasteiger partial charge in [0.15, 0.2) is 0 Å². The molecule has 0 radical (unpaired) electrons. The fourth-order valence-corrected chi connectivity index (χ4v) is 3.18. The monoisotopic (exact) mass is 333 g/mol. The van der Waals surface area contributed by atoms with Crippen LogP contribution in [0.5, 0.6) is 0 Å². The van der Waals surface area contributed by atoms with Crippen molar-refractivity contribution < 1.29 is 4.39 Å². The molecule has 2 aromatic carbocycles. The third-order valence-corrected chi connectivity index (χ3v) is 4.47. The van der Waals surface area contributed by atoms with Gasteiger partial charge in [0.2, 0.25) is 0 Å². The van der Waals surface area contributed by atoms with Crippen molar-refractivity contribution in [2.24, 2.45) is 0 Å². The molecule has 0 fully saturated rings. The number of halogens is 2. The Balaban J connectivity index is 2.48. The van der Waals surface area contributed by atoms with E-state index in [-0.39, 0.29) is 11.4 Å². The van der Waals surface area contributed by atoms with Crippen LogP contribution in [-0.4, -0.2) is 4.57 Å². The molecule has 112 valence electrons. The van der Waals surface area contributed by atoms with Crippen molar-refractivity contribution >= 4 is 36.9 Å². The smallest absolute Gasteiger partial charge is 0.264 e. The normalized spacial score (nSPS) is 11.1. The Labute approximate surface area is 134 Å².